The second-order valence-electron chi connectivity index (χ2n) is 3.83. The van der Waals surface area contributed by atoms with Crippen LogP contribution in [-0.2, 0) is 16.4 Å². The molecule has 0 aliphatic carbocycles. The van der Waals surface area contributed by atoms with E-state index in [9.17, 15) is 8.42 Å². The maximum atomic E-state index is 11.0. The van der Waals surface area contributed by atoms with Crippen molar-refractivity contribution in [2.24, 2.45) is 0 Å². The third-order valence-electron chi connectivity index (χ3n) is 1.96. The second kappa shape index (κ2) is 5.75. The molecule has 6 heteroatoms. The Morgan fingerprint density at radius 1 is 1.50 bits per heavy atom. The molecule has 1 N–H and O–H groups in total. The minimum absolute atomic E-state index is 0.0734. The van der Waals surface area contributed by atoms with Gasteiger partial charge >= 0.3 is 0 Å². The molecular weight excluding hydrogens is 292 g/mol. The Bertz CT molecular complexity index is 448. The van der Waals surface area contributed by atoms with Crippen LogP contribution in [0.4, 0.5) is 0 Å². The fraction of sp³-hybridized carbons (Fsp3) is 0.500. The number of nitrogens with zero attached hydrogens (tertiary/aromatic N) is 1. The van der Waals surface area contributed by atoms with E-state index in [2.05, 4.69) is 26.2 Å². The number of sulfone groups is 1. The SMILES string of the molecule is CC(CS(C)(=O)=O)NCc1cccc(Br)n1. The van der Waals surface area contributed by atoms with Crippen molar-refractivity contribution >= 4 is 25.8 Å². The first kappa shape index (κ1) is 13.6. The summed E-state index contributed by atoms with van der Waals surface area (Å²) in [5.74, 6) is 0.140. The van der Waals surface area contributed by atoms with Gasteiger partial charge in [-0.3, -0.25) is 0 Å². The normalized spacial score (nSPS) is 13.7. The van der Waals surface area contributed by atoms with Crippen LogP contribution in [0.3, 0.4) is 0 Å². The maximum Gasteiger partial charge on any atom is 0.148 e. The molecule has 0 bridgehead atoms. The highest BCUT2D eigenvalue weighted by atomic mass is 79.9. The largest absolute Gasteiger partial charge is 0.308 e. The summed E-state index contributed by atoms with van der Waals surface area (Å²) in [6.07, 6.45) is 1.24. The molecule has 0 spiro atoms. The molecule has 0 amide bonds. The lowest BCUT2D eigenvalue weighted by atomic mass is 10.3. The highest BCUT2D eigenvalue weighted by molar-refractivity contribution is 9.10. The van der Waals surface area contributed by atoms with Gasteiger partial charge in [0.2, 0.25) is 0 Å². The fourth-order valence-electron chi connectivity index (χ4n) is 1.34. The zero-order valence-electron chi connectivity index (χ0n) is 9.27. The minimum Gasteiger partial charge on any atom is -0.308 e. The summed E-state index contributed by atoms with van der Waals surface area (Å²) in [5, 5.41) is 3.12. The molecule has 0 saturated heterocycles. The van der Waals surface area contributed by atoms with Crippen molar-refractivity contribution in [1.29, 1.82) is 0 Å². The van der Waals surface area contributed by atoms with E-state index in [0.717, 1.165) is 10.3 Å². The van der Waals surface area contributed by atoms with Crippen LogP contribution in [-0.4, -0.2) is 31.5 Å². The van der Waals surface area contributed by atoms with E-state index in [0.29, 0.717) is 6.54 Å². The van der Waals surface area contributed by atoms with Crippen molar-refractivity contribution in [3.63, 3.8) is 0 Å². The Morgan fingerprint density at radius 3 is 2.75 bits per heavy atom. The molecule has 1 unspecified atom stereocenters. The van der Waals surface area contributed by atoms with Gasteiger partial charge in [-0.25, -0.2) is 13.4 Å². The van der Waals surface area contributed by atoms with Gasteiger partial charge < -0.3 is 5.32 Å². The van der Waals surface area contributed by atoms with Crippen LogP contribution < -0.4 is 5.32 Å². The number of nitrogens with one attached hydrogen (secondary N) is 1. The fourth-order valence-corrected chi connectivity index (χ4v) is 2.75. The Hall–Kier alpha value is -0.460. The highest BCUT2D eigenvalue weighted by Gasteiger charge is 2.09. The van der Waals surface area contributed by atoms with Gasteiger partial charge in [0.1, 0.15) is 14.4 Å². The number of rotatable bonds is 5. The zero-order chi connectivity index (χ0) is 12.2. The molecule has 0 aliphatic rings. The first-order chi connectivity index (χ1) is 7.37. The van der Waals surface area contributed by atoms with Crippen LogP contribution in [0.25, 0.3) is 0 Å². The molecule has 1 rings (SSSR count). The number of halogens is 1. The van der Waals surface area contributed by atoms with Crippen LogP contribution in [0.15, 0.2) is 22.8 Å². The quantitative estimate of drug-likeness (QED) is 0.835. The third-order valence-corrected chi connectivity index (χ3v) is 3.50. The van der Waals surface area contributed by atoms with Gasteiger partial charge in [0.25, 0.3) is 0 Å². The van der Waals surface area contributed by atoms with Crippen LogP contribution in [0.1, 0.15) is 12.6 Å². The topological polar surface area (TPSA) is 59.1 Å². The molecule has 0 radical (unpaired) electrons. The Morgan fingerprint density at radius 2 is 2.19 bits per heavy atom. The van der Waals surface area contributed by atoms with E-state index < -0.39 is 9.84 Å². The predicted molar refractivity (Wildman–Crippen MR) is 67.9 cm³/mol. The monoisotopic (exact) mass is 306 g/mol. The molecule has 0 aromatic carbocycles. The molecule has 16 heavy (non-hydrogen) atoms. The van der Waals surface area contributed by atoms with E-state index in [1.807, 2.05) is 25.1 Å². The van der Waals surface area contributed by atoms with Crippen LogP contribution in [0, 0.1) is 0 Å². The van der Waals surface area contributed by atoms with E-state index in [1.54, 1.807) is 0 Å². The molecular formula is C10H15BrN2O2S. The number of aromatic nitrogens is 1. The molecule has 4 nitrogen and oxygen atoms in total. The lowest BCUT2D eigenvalue weighted by molar-refractivity contribution is 0.556. The van der Waals surface area contributed by atoms with Crippen molar-refractivity contribution in [3.8, 4) is 0 Å². The van der Waals surface area contributed by atoms with Crippen molar-refractivity contribution < 1.29 is 8.42 Å². The van der Waals surface area contributed by atoms with Crippen LogP contribution in [0.2, 0.25) is 0 Å². The van der Waals surface area contributed by atoms with Crippen LogP contribution in [0.5, 0.6) is 0 Å². The maximum absolute atomic E-state index is 11.0. The summed E-state index contributed by atoms with van der Waals surface area (Å²) >= 11 is 3.28. The average molecular weight is 307 g/mol. The van der Waals surface area contributed by atoms with Gasteiger partial charge in [-0.05, 0) is 35.0 Å². The van der Waals surface area contributed by atoms with Crippen molar-refractivity contribution in [1.82, 2.24) is 10.3 Å². The molecule has 1 heterocycles. The molecule has 90 valence electrons. The molecule has 1 atom stereocenters. The summed E-state index contributed by atoms with van der Waals surface area (Å²) < 4.78 is 22.9. The predicted octanol–water partition coefficient (Wildman–Crippen LogP) is 1.37. The average Bonchev–Trinajstić information content (AvgIpc) is 2.12. The summed E-state index contributed by atoms with van der Waals surface area (Å²) in [6.45, 7) is 2.41. The van der Waals surface area contributed by atoms with Crippen LogP contribution >= 0.6 is 15.9 Å². The highest BCUT2D eigenvalue weighted by Crippen LogP contribution is 2.06. The summed E-state index contributed by atoms with van der Waals surface area (Å²) in [5.41, 5.74) is 0.884. The smallest absolute Gasteiger partial charge is 0.148 e. The van der Waals surface area contributed by atoms with Gasteiger partial charge in [0.05, 0.1) is 11.4 Å². The minimum atomic E-state index is -2.93. The lowest BCUT2D eigenvalue weighted by Gasteiger charge is -2.12. The molecule has 0 fully saturated rings. The van der Waals surface area contributed by atoms with E-state index in [-0.39, 0.29) is 11.8 Å². The summed E-state index contributed by atoms with van der Waals surface area (Å²) in [4.78, 5) is 4.25. The van der Waals surface area contributed by atoms with Gasteiger partial charge in [0.15, 0.2) is 0 Å². The summed E-state index contributed by atoms with van der Waals surface area (Å²) in [6, 6.07) is 5.57. The Labute approximate surface area is 105 Å². The summed E-state index contributed by atoms with van der Waals surface area (Å²) in [7, 11) is -2.93. The van der Waals surface area contributed by atoms with Gasteiger partial charge in [-0.15, -0.1) is 0 Å². The number of pyridine rings is 1. The Balaban J connectivity index is 2.46. The Kier molecular flexibility index (Phi) is 4.89. The second-order valence-corrected chi connectivity index (χ2v) is 6.82. The van der Waals surface area contributed by atoms with E-state index in [4.69, 9.17) is 0 Å². The molecule has 1 aromatic rings. The molecule has 0 saturated carbocycles. The molecule has 1 aromatic heterocycles. The first-order valence-corrected chi connectivity index (χ1v) is 7.75. The third kappa shape index (κ3) is 5.58. The van der Waals surface area contributed by atoms with E-state index in [1.165, 1.54) is 6.26 Å². The first-order valence-electron chi connectivity index (χ1n) is 4.89. The number of hydrogen-bond donors (Lipinski definition) is 1. The standard InChI is InChI=1S/C10H15BrN2O2S/c1-8(7-16(2,14)15)12-6-9-4-3-5-10(11)13-9/h3-5,8,12H,6-7H2,1-2H3. The van der Waals surface area contributed by atoms with Gasteiger partial charge in [-0.1, -0.05) is 6.07 Å². The van der Waals surface area contributed by atoms with Crippen molar-refractivity contribution in [2.75, 3.05) is 12.0 Å². The molecule has 0 aliphatic heterocycles. The zero-order valence-corrected chi connectivity index (χ0v) is 11.7. The van der Waals surface area contributed by atoms with Crippen molar-refractivity contribution in [3.05, 3.63) is 28.5 Å². The number of hydrogen-bond acceptors (Lipinski definition) is 4. The van der Waals surface area contributed by atoms with Gasteiger partial charge in [-0.2, -0.15) is 0 Å². The van der Waals surface area contributed by atoms with Gasteiger partial charge in [0, 0.05) is 18.8 Å². The van der Waals surface area contributed by atoms with E-state index >= 15 is 0 Å². The lowest BCUT2D eigenvalue weighted by Crippen LogP contribution is -2.32. The van der Waals surface area contributed by atoms with Crippen molar-refractivity contribution in [2.45, 2.75) is 19.5 Å².